The van der Waals surface area contributed by atoms with Crippen molar-refractivity contribution in [3.63, 3.8) is 0 Å². The molecule has 2 amide bonds. The van der Waals surface area contributed by atoms with Crippen LogP contribution in [0.4, 0.5) is 0 Å². The Labute approximate surface area is 219 Å². The number of nitrogens with zero attached hydrogens (tertiary/aromatic N) is 4. The van der Waals surface area contributed by atoms with Crippen LogP contribution in [-0.2, 0) is 0 Å². The molecule has 3 aliphatic rings. The van der Waals surface area contributed by atoms with Gasteiger partial charge in [-0.3, -0.25) is 19.5 Å². The number of amides is 2. The lowest BCUT2D eigenvalue weighted by Gasteiger charge is -2.41. The van der Waals surface area contributed by atoms with Gasteiger partial charge in [0, 0.05) is 67.5 Å². The molecule has 0 radical (unpaired) electrons. The maximum atomic E-state index is 13.6. The first-order valence-electron chi connectivity index (χ1n) is 13.6. The van der Waals surface area contributed by atoms with Gasteiger partial charge >= 0.3 is 0 Å². The number of piperazine rings is 1. The van der Waals surface area contributed by atoms with Crippen LogP contribution in [0.1, 0.15) is 83.0 Å². The van der Waals surface area contributed by atoms with Gasteiger partial charge in [-0.2, -0.15) is 0 Å². The third kappa shape index (κ3) is 5.60. The first kappa shape index (κ1) is 25.2. The lowest BCUT2D eigenvalue weighted by molar-refractivity contribution is 0.0519. The van der Waals surface area contributed by atoms with Crippen LogP contribution in [0.2, 0.25) is 5.02 Å². The number of aryl methyl sites for hydroxylation is 1. The minimum absolute atomic E-state index is 0.0142. The predicted molar refractivity (Wildman–Crippen MR) is 143 cm³/mol. The smallest absolute Gasteiger partial charge is 0.255 e. The van der Waals surface area contributed by atoms with Crippen molar-refractivity contribution in [2.45, 2.75) is 63.8 Å². The number of hydrogen-bond acceptors (Lipinski definition) is 4. The number of piperidine rings is 1. The van der Waals surface area contributed by atoms with Gasteiger partial charge in [0.1, 0.15) is 0 Å². The largest absolute Gasteiger partial charge is 0.339 e. The van der Waals surface area contributed by atoms with E-state index >= 15 is 0 Å². The second-order valence-corrected chi connectivity index (χ2v) is 11.0. The SMILES string of the molecule is Cc1ccc(C(=O)N2CCN(C3CCCCC3)CC2)c(C2CCN(C(=O)c3cccc(Cl)c3)CC2)n1. The van der Waals surface area contributed by atoms with E-state index in [1.54, 1.807) is 12.1 Å². The second kappa shape index (κ2) is 11.3. The van der Waals surface area contributed by atoms with Gasteiger partial charge in [0.05, 0.1) is 11.3 Å². The highest BCUT2D eigenvalue weighted by Gasteiger charge is 2.32. The van der Waals surface area contributed by atoms with E-state index in [4.69, 9.17) is 16.6 Å². The molecule has 1 saturated carbocycles. The number of benzene rings is 1. The van der Waals surface area contributed by atoms with Crippen LogP contribution >= 0.6 is 11.6 Å². The van der Waals surface area contributed by atoms with Crippen LogP contribution in [0.15, 0.2) is 36.4 Å². The molecule has 3 heterocycles. The van der Waals surface area contributed by atoms with Gasteiger partial charge in [-0.1, -0.05) is 36.9 Å². The quantitative estimate of drug-likeness (QED) is 0.573. The molecule has 7 heteroatoms. The number of carbonyl (C=O) groups excluding carboxylic acids is 2. The highest BCUT2D eigenvalue weighted by Crippen LogP contribution is 2.31. The summed E-state index contributed by atoms with van der Waals surface area (Å²) in [5.74, 6) is 0.300. The number of likely N-dealkylation sites (tertiary alicyclic amines) is 1. The summed E-state index contributed by atoms with van der Waals surface area (Å²) >= 11 is 6.09. The summed E-state index contributed by atoms with van der Waals surface area (Å²) in [5, 5.41) is 0.572. The van der Waals surface area contributed by atoms with Gasteiger partial charge in [0.2, 0.25) is 0 Å². The van der Waals surface area contributed by atoms with Gasteiger partial charge in [0.15, 0.2) is 0 Å². The molecule has 1 aromatic carbocycles. The average molecular weight is 509 g/mol. The Balaban J connectivity index is 1.23. The fourth-order valence-electron chi connectivity index (χ4n) is 6.14. The van der Waals surface area contributed by atoms with Gasteiger partial charge in [-0.05, 0) is 62.9 Å². The Hall–Kier alpha value is -2.44. The Bertz CT molecular complexity index is 1080. The zero-order chi connectivity index (χ0) is 25.1. The minimum atomic E-state index is 0.0142. The normalized spacial score (nSPS) is 20.5. The maximum absolute atomic E-state index is 13.6. The van der Waals surface area contributed by atoms with Crippen molar-refractivity contribution in [2.24, 2.45) is 0 Å². The summed E-state index contributed by atoms with van der Waals surface area (Å²) in [7, 11) is 0. The number of carbonyl (C=O) groups is 2. The minimum Gasteiger partial charge on any atom is -0.339 e. The summed E-state index contributed by atoms with van der Waals surface area (Å²) in [4.78, 5) is 38.0. The first-order valence-corrected chi connectivity index (χ1v) is 13.9. The van der Waals surface area contributed by atoms with Crippen molar-refractivity contribution in [1.82, 2.24) is 19.7 Å². The summed E-state index contributed by atoms with van der Waals surface area (Å²) in [5.41, 5.74) is 3.20. The van der Waals surface area contributed by atoms with Crippen LogP contribution in [-0.4, -0.2) is 76.8 Å². The number of pyridine rings is 1. The van der Waals surface area contributed by atoms with E-state index in [2.05, 4.69) is 4.90 Å². The third-order valence-electron chi connectivity index (χ3n) is 8.23. The maximum Gasteiger partial charge on any atom is 0.255 e. The van der Waals surface area contributed by atoms with E-state index < -0.39 is 0 Å². The molecule has 0 spiro atoms. The molecule has 0 unspecified atom stereocenters. The van der Waals surface area contributed by atoms with Crippen molar-refractivity contribution in [2.75, 3.05) is 39.3 Å². The molecule has 2 saturated heterocycles. The molecule has 5 rings (SSSR count). The monoisotopic (exact) mass is 508 g/mol. The summed E-state index contributed by atoms with van der Waals surface area (Å²) in [6.07, 6.45) is 8.26. The predicted octanol–water partition coefficient (Wildman–Crippen LogP) is 5.15. The van der Waals surface area contributed by atoms with E-state index in [1.165, 1.54) is 32.1 Å². The van der Waals surface area contributed by atoms with E-state index in [-0.39, 0.29) is 17.7 Å². The zero-order valence-corrected chi connectivity index (χ0v) is 22.1. The van der Waals surface area contributed by atoms with Crippen LogP contribution in [0, 0.1) is 6.92 Å². The number of halogens is 1. The molecule has 1 aliphatic carbocycles. The highest BCUT2D eigenvalue weighted by atomic mass is 35.5. The molecular weight excluding hydrogens is 472 g/mol. The Morgan fingerprint density at radius 3 is 2.22 bits per heavy atom. The van der Waals surface area contributed by atoms with Crippen molar-refractivity contribution in [1.29, 1.82) is 0 Å². The molecule has 36 heavy (non-hydrogen) atoms. The number of aromatic nitrogens is 1. The average Bonchev–Trinajstić information content (AvgIpc) is 2.93. The molecule has 192 valence electrons. The summed E-state index contributed by atoms with van der Waals surface area (Å²) in [6.45, 7) is 6.80. The topological polar surface area (TPSA) is 56.8 Å². The molecule has 0 N–H and O–H groups in total. The number of hydrogen-bond donors (Lipinski definition) is 0. The summed E-state index contributed by atoms with van der Waals surface area (Å²) < 4.78 is 0. The fourth-order valence-corrected chi connectivity index (χ4v) is 6.33. The Morgan fingerprint density at radius 1 is 0.833 bits per heavy atom. The number of rotatable bonds is 4. The lowest BCUT2D eigenvalue weighted by atomic mass is 9.89. The molecule has 3 fully saturated rings. The molecule has 0 atom stereocenters. The van der Waals surface area contributed by atoms with Crippen molar-refractivity contribution in [3.05, 3.63) is 63.9 Å². The van der Waals surface area contributed by atoms with Gasteiger partial charge in [-0.15, -0.1) is 0 Å². The molecule has 1 aromatic heterocycles. The fraction of sp³-hybridized carbons (Fsp3) is 0.552. The standard InChI is InChI=1S/C29H37ClN4O2/c1-21-10-11-26(29(36)34-18-16-32(17-19-34)25-8-3-2-4-9-25)27(31-21)22-12-14-33(15-13-22)28(35)23-6-5-7-24(30)20-23/h5-7,10-11,20,22,25H,2-4,8-9,12-19H2,1H3. The Kier molecular flexibility index (Phi) is 7.92. The molecule has 6 nitrogen and oxygen atoms in total. The van der Waals surface area contributed by atoms with Crippen LogP contribution < -0.4 is 0 Å². The van der Waals surface area contributed by atoms with Gasteiger partial charge in [0.25, 0.3) is 11.8 Å². The van der Waals surface area contributed by atoms with Crippen LogP contribution in [0.3, 0.4) is 0 Å². The first-order chi connectivity index (χ1) is 17.5. The Morgan fingerprint density at radius 2 is 1.53 bits per heavy atom. The molecule has 2 aliphatic heterocycles. The van der Waals surface area contributed by atoms with E-state index in [0.29, 0.717) is 29.7 Å². The highest BCUT2D eigenvalue weighted by molar-refractivity contribution is 6.30. The molecule has 2 aromatic rings. The molecular formula is C29H37ClN4O2. The van der Waals surface area contributed by atoms with Gasteiger partial charge < -0.3 is 9.80 Å². The van der Waals surface area contributed by atoms with Crippen LogP contribution in [0.5, 0.6) is 0 Å². The van der Waals surface area contributed by atoms with E-state index in [1.807, 2.05) is 41.0 Å². The van der Waals surface area contributed by atoms with Crippen molar-refractivity contribution >= 4 is 23.4 Å². The third-order valence-corrected chi connectivity index (χ3v) is 8.46. The van der Waals surface area contributed by atoms with Gasteiger partial charge in [-0.25, -0.2) is 0 Å². The van der Waals surface area contributed by atoms with E-state index in [0.717, 1.165) is 56.0 Å². The van der Waals surface area contributed by atoms with Crippen LogP contribution in [0.25, 0.3) is 0 Å². The second-order valence-electron chi connectivity index (χ2n) is 10.6. The van der Waals surface area contributed by atoms with Crippen molar-refractivity contribution in [3.8, 4) is 0 Å². The lowest BCUT2D eigenvalue weighted by Crippen LogP contribution is -2.52. The zero-order valence-electron chi connectivity index (χ0n) is 21.3. The summed E-state index contributed by atoms with van der Waals surface area (Å²) in [6, 6.07) is 11.8. The van der Waals surface area contributed by atoms with Crippen molar-refractivity contribution < 1.29 is 9.59 Å². The molecule has 0 bridgehead atoms. The van der Waals surface area contributed by atoms with E-state index in [9.17, 15) is 9.59 Å².